The summed E-state index contributed by atoms with van der Waals surface area (Å²) in [4.78, 5) is 17.5. The normalized spacial score (nSPS) is 22.5. The molecule has 2 fully saturated rings. The van der Waals surface area contributed by atoms with Gasteiger partial charge in [0.2, 0.25) is 5.91 Å². The number of hydrogen-bond acceptors (Lipinski definition) is 2. The standard InChI is InChI=1S/C20H29ClN2O/c21-18-9-7-17(8-10-18)16-20(24)23-14-5-2-6-19(23)11-15-22-12-3-1-4-13-22/h7-10,19H,1-6,11-16H2. The molecule has 2 heterocycles. The molecule has 1 aromatic rings. The number of rotatable bonds is 5. The van der Waals surface area contributed by atoms with Crippen LogP contribution < -0.4 is 0 Å². The number of piperidine rings is 2. The van der Waals surface area contributed by atoms with E-state index in [4.69, 9.17) is 11.6 Å². The van der Waals surface area contributed by atoms with Crippen LogP contribution in [0.5, 0.6) is 0 Å². The van der Waals surface area contributed by atoms with Gasteiger partial charge in [0.25, 0.3) is 0 Å². The van der Waals surface area contributed by atoms with Gasteiger partial charge in [-0.2, -0.15) is 0 Å². The summed E-state index contributed by atoms with van der Waals surface area (Å²) in [5, 5.41) is 0.726. The van der Waals surface area contributed by atoms with Crippen LogP contribution >= 0.6 is 11.6 Å². The topological polar surface area (TPSA) is 23.6 Å². The van der Waals surface area contributed by atoms with Crippen LogP contribution in [-0.2, 0) is 11.2 Å². The van der Waals surface area contributed by atoms with Gasteiger partial charge in [-0.1, -0.05) is 30.2 Å². The molecule has 3 rings (SSSR count). The molecule has 1 amide bonds. The van der Waals surface area contributed by atoms with Gasteiger partial charge in [0.15, 0.2) is 0 Å². The molecule has 2 saturated heterocycles. The summed E-state index contributed by atoms with van der Waals surface area (Å²) in [6.07, 6.45) is 9.26. The van der Waals surface area contributed by atoms with E-state index in [0.29, 0.717) is 12.5 Å². The largest absolute Gasteiger partial charge is 0.339 e. The van der Waals surface area contributed by atoms with Crippen LogP contribution in [0.25, 0.3) is 0 Å². The summed E-state index contributed by atoms with van der Waals surface area (Å²) in [6.45, 7) is 4.56. The van der Waals surface area contributed by atoms with Crippen molar-refractivity contribution in [2.75, 3.05) is 26.2 Å². The smallest absolute Gasteiger partial charge is 0.227 e. The maximum absolute atomic E-state index is 12.8. The maximum atomic E-state index is 12.8. The van der Waals surface area contributed by atoms with E-state index in [0.717, 1.165) is 36.5 Å². The first-order valence-corrected chi connectivity index (χ1v) is 9.86. The Bertz CT molecular complexity index is 525. The molecule has 4 heteroatoms. The second-order valence-electron chi connectivity index (χ2n) is 7.23. The van der Waals surface area contributed by atoms with Gasteiger partial charge in [-0.05, 0) is 69.3 Å². The highest BCUT2D eigenvalue weighted by atomic mass is 35.5. The lowest BCUT2D eigenvalue weighted by atomic mass is 9.97. The predicted octanol–water partition coefficient (Wildman–Crippen LogP) is 4.14. The molecule has 0 N–H and O–H groups in total. The Morgan fingerprint density at radius 3 is 2.46 bits per heavy atom. The molecule has 0 radical (unpaired) electrons. The van der Waals surface area contributed by atoms with E-state index in [1.807, 2.05) is 24.3 Å². The molecule has 0 spiro atoms. The van der Waals surface area contributed by atoms with E-state index < -0.39 is 0 Å². The van der Waals surface area contributed by atoms with Crippen LogP contribution in [0.1, 0.15) is 50.5 Å². The van der Waals surface area contributed by atoms with Crippen molar-refractivity contribution in [2.24, 2.45) is 0 Å². The minimum Gasteiger partial charge on any atom is -0.339 e. The fraction of sp³-hybridized carbons (Fsp3) is 0.650. The zero-order valence-electron chi connectivity index (χ0n) is 14.6. The van der Waals surface area contributed by atoms with Gasteiger partial charge in [0.05, 0.1) is 6.42 Å². The van der Waals surface area contributed by atoms with Gasteiger partial charge in [0.1, 0.15) is 0 Å². The van der Waals surface area contributed by atoms with Crippen molar-refractivity contribution in [3.05, 3.63) is 34.9 Å². The van der Waals surface area contributed by atoms with Crippen molar-refractivity contribution in [1.82, 2.24) is 9.80 Å². The first-order valence-electron chi connectivity index (χ1n) is 9.48. The lowest BCUT2D eigenvalue weighted by Gasteiger charge is -2.37. The van der Waals surface area contributed by atoms with Gasteiger partial charge >= 0.3 is 0 Å². The van der Waals surface area contributed by atoms with Crippen LogP contribution in [0, 0.1) is 0 Å². The van der Waals surface area contributed by atoms with Crippen molar-refractivity contribution in [1.29, 1.82) is 0 Å². The number of carbonyl (C=O) groups is 1. The molecule has 0 aromatic heterocycles. The lowest BCUT2D eigenvalue weighted by Crippen LogP contribution is -2.46. The average Bonchev–Trinajstić information content (AvgIpc) is 2.63. The number of benzene rings is 1. The Labute approximate surface area is 151 Å². The number of likely N-dealkylation sites (tertiary alicyclic amines) is 2. The monoisotopic (exact) mass is 348 g/mol. The Morgan fingerprint density at radius 1 is 1.00 bits per heavy atom. The second-order valence-corrected chi connectivity index (χ2v) is 7.67. The number of hydrogen-bond donors (Lipinski definition) is 0. The summed E-state index contributed by atoms with van der Waals surface area (Å²) < 4.78 is 0. The molecule has 0 saturated carbocycles. The quantitative estimate of drug-likeness (QED) is 0.798. The molecular formula is C20H29ClN2O. The molecule has 3 nitrogen and oxygen atoms in total. The average molecular weight is 349 g/mol. The zero-order valence-corrected chi connectivity index (χ0v) is 15.3. The van der Waals surface area contributed by atoms with E-state index in [2.05, 4.69) is 9.80 Å². The van der Waals surface area contributed by atoms with Crippen molar-refractivity contribution >= 4 is 17.5 Å². The van der Waals surface area contributed by atoms with Crippen molar-refractivity contribution in [2.45, 2.75) is 57.4 Å². The van der Waals surface area contributed by atoms with Crippen LogP contribution in [-0.4, -0.2) is 47.9 Å². The van der Waals surface area contributed by atoms with Crippen molar-refractivity contribution in [3.8, 4) is 0 Å². The zero-order chi connectivity index (χ0) is 16.8. The third-order valence-corrected chi connectivity index (χ3v) is 5.70. The fourth-order valence-corrected chi connectivity index (χ4v) is 4.15. The van der Waals surface area contributed by atoms with Gasteiger partial charge in [-0.3, -0.25) is 4.79 Å². The van der Waals surface area contributed by atoms with Crippen LogP contribution in [0.15, 0.2) is 24.3 Å². The van der Waals surface area contributed by atoms with Gasteiger partial charge in [0, 0.05) is 24.2 Å². The molecule has 0 aliphatic carbocycles. The van der Waals surface area contributed by atoms with E-state index >= 15 is 0 Å². The van der Waals surface area contributed by atoms with E-state index in [-0.39, 0.29) is 5.91 Å². The lowest BCUT2D eigenvalue weighted by molar-refractivity contribution is -0.134. The minimum atomic E-state index is 0.278. The highest BCUT2D eigenvalue weighted by Gasteiger charge is 2.27. The minimum absolute atomic E-state index is 0.278. The van der Waals surface area contributed by atoms with Crippen LogP contribution in [0.4, 0.5) is 0 Å². The summed E-state index contributed by atoms with van der Waals surface area (Å²) >= 11 is 5.94. The molecule has 2 aliphatic rings. The van der Waals surface area contributed by atoms with Crippen molar-refractivity contribution < 1.29 is 4.79 Å². The van der Waals surface area contributed by atoms with Crippen molar-refractivity contribution in [3.63, 3.8) is 0 Å². The summed E-state index contributed by atoms with van der Waals surface area (Å²) in [5.74, 6) is 0.278. The fourth-order valence-electron chi connectivity index (χ4n) is 4.02. The number of amides is 1. The number of halogens is 1. The number of nitrogens with zero attached hydrogens (tertiary/aromatic N) is 2. The van der Waals surface area contributed by atoms with Crippen LogP contribution in [0.3, 0.4) is 0 Å². The summed E-state index contributed by atoms with van der Waals surface area (Å²) in [5.41, 5.74) is 1.06. The maximum Gasteiger partial charge on any atom is 0.227 e. The molecule has 24 heavy (non-hydrogen) atoms. The van der Waals surface area contributed by atoms with Gasteiger partial charge < -0.3 is 9.80 Å². The molecule has 1 atom stereocenters. The molecule has 0 bridgehead atoms. The molecule has 132 valence electrons. The third-order valence-electron chi connectivity index (χ3n) is 5.44. The Kier molecular flexibility index (Phi) is 6.56. The molecular weight excluding hydrogens is 320 g/mol. The van der Waals surface area contributed by atoms with Gasteiger partial charge in [-0.25, -0.2) is 0 Å². The van der Waals surface area contributed by atoms with E-state index in [1.165, 1.54) is 45.2 Å². The Morgan fingerprint density at radius 2 is 1.71 bits per heavy atom. The molecule has 1 unspecified atom stereocenters. The Balaban J connectivity index is 1.54. The Hall–Kier alpha value is -1.06. The van der Waals surface area contributed by atoms with E-state index in [9.17, 15) is 4.79 Å². The van der Waals surface area contributed by atoms with Crippen LogP contribution in [0.2, 0.25) is 5.02 Å². The number of carbonyl (C=O) groups excluding carboxylic acids is 1. The first-order chi connectivity index (χ1) is 11.7. The first kappa shape index (κ1) is 17.8. The van der Waals surface area contributed by atoms with Gasteiger partial charge in [-0.15, -0.1) is 0 Å². The summed E-state index contributed by atoms with van der Waals surface area (Å²) in [6, 6.07) is 8.10. The third kappa shape index (κ3) is 4.97. The summed E-state index contributed by atoms with van der Waals surface area (Å²) in [7, 11) is 0. The second kappa shape index (κ2) is 8.87. The highest BCUT2D eigenvalue weighted by Crippen LogP contribution is 2.22. The van der Waals surface area contributed by atoms with E-state index in [1.54, 1.807) is 0 Å². The molecule has 1 aromatic carbocycles. The SMILES string of the molecule is O=C(Cc1ccc(Cl)cc1)N1CCCCC1CCN1CCCCC1. The molecule has 2 aliphatic heterocycles. The predicted molar refractivity (Wildman–Crippen MR) is 99.4 cm³/mol. The highest BCUT2D eigenvalue weighted by molar-refractivity contribution is 6.30.